The fourth-order valence-electron chi connectivity index (χ4n) is 11.1. The summed E-state index contributed by atoms with van der Waals surface area (Å²) < 4.78 is 12.8. The molecule has 0 aromatic rings. The monoisotopic (exact) mass is 801 g/mol. The Morgan fingerprint density at radius 3 is 1.47 bits per heavy atom. The number of hydrogen-bond acceptors (Lipinski definition) is 7. The van der Waals surface area contributed by atoms with E-state index in [0.29, 0.717) is 37.1 Å². The van der Waals surface area contributed by atoms with Gasteiger partial charge in [0.1, 0.15) is 13.2 Å². The number of rotatable bonds is 29. The molecule has 7 heteroatoms. The summed E-state index contributed by atoms with van der Waals surface area (Å²) in [5.74, 6) is 1.30. The third-order valence-corrected chi connectivity index (χ3v) is 15.2. The van der Waals surface area contributed by atoms with Gasteiger partial charge in [-0.25, -0.2) is 0 Å². The van der Waals surface area contributed by atoms with Gasteiger partial charge in [-0.3, -0.25) is 14.5 Å². The lowest BCUT2D eigenvalue weighted by molar-refractivity contribution is -0.157. The zero-order valence-corrected chi connectivity index (χ0v) is 37.6. The molecule has 4 aliphatic rings. The van der Waals surface area contributed by atoms with E-state index in [-0.39, 0.29) is 29.8 Å². The Labute approximate surface area is 351 Å². The maximum Gasteiger partial charge on any atom is 0.308 e. The van der Waals surface area contributed by atoms with E-state index in [1.165, 1.54) is 154 Å². The van der Waals surface area contributed by atoms with Crippen molar-refractivity contribution in [1.29, 1.82) is 0 Å². The van der Waals surface area contributed by atoms with Crippen LogP contribution in [-0.4, -0.2) is 85.4 Å². The van der Waals surface area contributed by atoms with E-state index < -0.39 is 0 Å². The number of piperidine rings is 2. The molecule has 0 aromatic heterocycles. The third-order valence-electron chi connectivity index (χ3n) is 15.2. The molecular weight excluding hydrogens is 709 g/mol. The number of likely N-dealkylation sites (tertiary alicyclic amines) is 2. The predicted octanol–water partition coefficient (Wildman–Crippen LogP) is 12.1. The van der Waals surface area contributed by atoms with Gasteiger partial charge in [0, 0.05) is 6.61 Å². The molecule has 0 radical (unpaired) electrons. The van der Waals surface area contributed by atoms with Crippen LogP contribution in [0.3, 0.4) is 0 Å². The molecule has 2 saturated carbocycles. The molecule has 2 saturated heterocycles. The van der Waals surface area contributed by atoms with Crippen molar-refractivity contribution in [3.63, 3.8) is 0 Å². The number of carbonyl (C=O) groups excluding carboxylic acids is 2. The highest BCUT2D eigenvalue weighted by molar-refractivity contribution is 5.73. The van der Waals surface area contributed by atoms with Crippen LogP contribution in [0.5, 0.6) is 0 Å². The van der Waals surface area contributed by atoms with Crippen molar-refractivity contribution in [1.82, 2.24) is 9.80 Å². The Morgan fingerprint density at radius 2 is 1.02 bits per heavy atom. The Hall–Kier alpha value is -1.18. The van der Waals surface area contributed by atoms with Crippen molar-refractivity contribution in [3.8, 4) is 0 Å². The number of carbonyl (C=O) groups is 2. The van der Waals surface area contributed by atoms with Crippen LogP contribution in [0.15, 0.2) is 0 Å². The quantitative estimate of drug-likeness (QED) is 0.0596. The number of aliphatic hydroxyl groups is 1. The second-order valence-corrected chi connectivity index (χ2v) is 19.7. The van der Waals surface area contributed by atoms with Crippen molar-refractivity contribution >= 4 is 11.9 Å². The van der Waals surface area contributed by atoms with Crippen LogP contribution in [0.2, 0.25) is 0 Å². The Balaban J connectivity index is 1.38. The summed E-state index contributed by atoms with van der Waals surface area (Å²) in [6, 6.07) is -0.0810. The molecule has 4 fully saturated rings. The van der Waals surface area contributed by atoms with E-state index in [9.17, 15) is 14.7 Å². The molecule has 2 unspecified atom stereocenters. The first-order valence-corrected chi connectivity index (χ1v) is 25.4. The maximum atomic E-state index is 14.1. The minimum atomic E-state index is -0.0810. The van der Waals surface area contributed by atoms with E-state index in [2.05, 4.69) is 23.6 Å². The van der Waals surface area contributed by atoms with Crippen molar-refractivity contribution in [3.05, 3.63) is 0 Å². The maximum absolute atomic E-state index is 14.1. The standard InChI is InChI=1S/C50H92N2O5/c1-3-5-7-9-11-19-27-45(39-43-23-15-13-16-24-43)48(54)56-41-47(52-36-31-50(32-37-52)29-34-51(35-30-50)33-21-22-38-53)42-57-49(55)46(28-20-12-10-8-6-4-2)40-44-25-17-14-18-26-44/h43-47,53H,3-42H2,1-2H3. The van der Waals surface area contributed by atoms with Gasteiger partial charge in [-0.15, -0.1) is 0 Å². The second kappa shape index (κ2) is 29.1. The van der Waals surface area contributed by atoms with E-state index in [1.54, 1.807) is 0 Å². The molecule has 57 heavy (non-hydrogen) atoms. The molecule has 4 rings (SSSR count). The Morgan fingerprint density at radius 1 is 0.579 bits per heavy atom. The number of nitrogens with zero attached hydrogens (tertiary/aromatic N) is 2. The first-order valence-electron chi connectivity index (χ1n) is 25.4. The van der Waals surface area contributed by atoms with Crippen molar-refractivity contribution in [2.75, 3.05) is 52.5 Å². The van der Waals surface area contributed by atoms with Crippen LogP contribution in [0.25, 0.3) is 0 Å². The number of aliphatic hydroxyl groups excluding tert-OH is 1. The first kappa shape index (κ1) is 48.5. The molecule has 1 N–H and O–H groups in total. The zero-order valence-electron chi connectivity index (χ0n) is 37.6. The molecule has 7 nitrogen and oxygen atoms in total. The van der Waals surface area contributed by atoms with Crippen LogP contribution in [0.1, 0.15) is 219 Å². The summed E-state index contributed by atoms with van der Waals surface area (Å²) in [5, 5.41) is 9.25. The van der Waals surface area contributed by atoms with Gasteiger partial charge in [0.05, 0.1) is 17.9 Å². The average molecular weight is 801 g/mol. The minimum absolute atomic E-state index is 0.00533. The number of unbranched alkanes of at least 4 members (excludes halogenated alkanes) is 11. The van der Waals surface area contributed by atoms with Gasteiger partial charge in [0.25, 0.3) is 0 Å². The molecule has 2 atom stereocenters. The van der Waals surface area contributed by atoms with Crippen molar-refractivity contribution in [2.24, 2.45) is 29.1 Å². The van der Waals surface area contributed by atoms with Gasteiger partial charge in [-0.1, -0.05) is 155 Å². The van der Waals surface area contributed by atoms with Crippen LogP contribution in [0.4, 0.5) is 0 Å². The summed E-state index contributed by atoms with van der Waals surface area (Å²) >= 11 is 0. The van der Waals surface area contributed by atoms with E-state index in [4.69, 9.17) is 9.47 Å². The summed E-state index contributed by atoms with van der Waals surface area (Å²) in [7, 11) is 0. The minimum Gasteiger partial charge on any atom is -0.464 e. The van der Waals surface area contributed by atoms with Crippen LogP contribution < -0.4 is 0 Å². The molecular formula is C50H92N2O5. The van der Waals surface area contributed by atoms with Gasteiger partial charge in [-0.05, 0) is 114 Å². The fraction of sp³-hybridized carbons (Fsp3) is 0.960. The molecule has 2 aliphatic carbocycles. The zero-order chi connectivity index (χ0) is 40.4. The van der Waals surface area contributed by atoms with Gasteiger partial charge >= 0.3 is 11.9 Å². The van der Waals surface area contributed by atoms with Crippen molar-refractivity contribution in [2.45, 2.75) is 225 Å². The largest absolute Gasteiger partial charge is 0.464 e. The molecule has 2 heterocycles. The summed E-state index contributed by atoms with van der Waals surface area (Å²) in [6.45, 7) is 10.9. The SMILES string of the molecule is CCCCCCCCC(CC1CCCCC1)C(=O)OCC(COC(=O)C(CCCCCCCC)CC1CCCCC1)N1CCC2(CCN(CCCCO)CC2)CC1. The highest BCUT2D eigenvalue weighted by Crippen LogP contribution is 2.42. The van der Waals surface area contributed by atoms with Gasteiger partial charge < -0.3 is 19.5 Å². The fourth-order valence-corrected chi connectivity index (χ4v) is 11.1. The number of hydrogen-bond donors (Lipinski definition) is 1. The lowest BCUT2D eigenvalue weighted by Crippen LogP contribution is -2.52. The van der Waals surface area contributed by atoms with Crippen LogP contribution in [0, 0.1) is 29.1 Å². The van der Waals surface area contributed by atoms with E-state index >= 15 is 0 Å². The van der Waals surface area contributed by atoms with Gasteiger partial charge in [-0.2, -0.15) is 0 Å². The summed E-state index contributed by atoms with van der Waals surface area (Å²) in [6.07, 6.45) is 38.5. The molecule has 2 aliphatic heterocycles. The Kier molecular flexibility index (Phi) is 24.8. The highest BCUT2D eigenvalue weighted by atomic mass is 16.5. The Bertz CT molecular complexity index is 968. The molecule has 1 spiro atoms. The first-order chi connectivity index (χ1) is 27.9. The summed E-state index contributed by atoms with van der Waals surface area (Å²) in [5.41, 5.74) is 0.395. The number of ether oxygens (including phenoxy) is 2. The summed E-state index contributed by atoms with van der Waals surface area (Å²) in [4.78, 5) is 33.2. The lowest BCUT2D eigenvalue weighted by atomic mass is 9.71. The highest BCUT2D eigenvalue weighted by Gasteiger charge is 2.40. The smallest absolute Gasteiger partial charge is 0.308 e. The van der Waals surface area contributed by atoms with Crippen molar-refractivity contribution < 1.29 is 24.2 Å². The van der Waals surface area contributed by atoms with Crippen LogP contribution in [-0.2, 0) is 19.1 Å². The predicted molar refractivity (Wildman–Crippen MR) is 236 cm³/mol. The molecule has 0 bridgehead atoms. The molecule has 0 aromatic carbocycles. The van der Waals surface area contributed by atoms with E-state index in [0.717, 1.165) is 84.1 Å². The van der Waals surface area contributed by atoms with Gasteiger partial charge in [0.15, 0.2) is 0 Å². The average Bonchev–Trinajstić information content (AvgIpc) is 3.24. The van der Waals surface area contributed by atoms with Crippen LogP contribution >= 0.6 is 0 Å². The van der Waals surface area contributed by atoms with Gasteiger partial charge in [0.2, 0.25) is 0 Å². The lowest BCUT2D eigenvalue weighted by Gasteiger charge is -2.48. The molecule has 332 valence electrons. The van der Waals surface area contributed by atoms with E-state index in [1.807, 2.05) is 0 Å². The normalized spacial score (nSPS) is 21.7. The topological polar surface area (TPSA) is 79.3 Å². The molecule has 0 amide bonds. The third kappa shape index (κ3) is 19.0. The second-order valence-electron chi connectivity index (χ2n) is 19.7. The number of esters is 2.